The van der Waals surface area contributed by atoms with Gasteiger partial charge in [-0.2, -0.15) is 0 Å². The van der Waals surface area contributed by atoms with Crippen LogP contribution in [0.4, 0.5) is 0 Å². The van der Waals surface area contributed by atoms with Crippen molar-refractivity contribution in [3.8, 4) is 0 Å². The van der Waals surface area contributed by atoms with Gasteiger partial charge in [-0.15, -0.1) is 0 Å². The summed E-state index contributed by atoms with van der Waals surface area (Å²) in [7, 11) is 0. The van der Waals surface area contributed by atoms with Crippen molar-refractivity contribution in [1.29, 1.82) is 0 Å². The molecular weight excluding hydrogens is 250 g/mol. The molecule has 3 heteroatoms. The lowest BCUT2D eigenvalue weighted by molar-refractivity contribution is -0.150. The van der Waals surface area contributed by atoms with Crippen LogP contribution in [0.15, 0.2) is 18.2 Å². The van der Waals surface area contributed by atoms with Crippen molar-refractivity contribution in [2.75, 3.05) is 6.54 Å². The van der Waals surface area contributed by atoms with Gasteiger partial charge < -0.3 is 5.11 Å². The summed E-state index contributed by atoms with van der Waals surface area (Å²) in [6.07, 6.45) is 3.42. The molecule has 20 heavy (non-hydrogen) atoms. The molecule has 1 N–H and O–H groups in total. The van der Waals surface area contributed by atoms with E-state index in [1.807, 2.05) is 0 Å². The van der Waals surface area contributed by atoms with E-state index < -0.39 is 11.5 Å². The fourth-order valence-electron chi connectivity index (χ4n) is 3.33. The van der Waals surface area contributed by atoms with Crippen LogP contribution in [0.25, 0.3) is 0 Å². The summed E-state index contributed by atoms with van der Waals surface area (Å²) in [5.41, 5.74) is 3.14. The van der Waals surface area contributed by atoms with E-state index >= 15 is 0 Å². The van der Waals surface area contributed by atoms with E-state index in [2.05, 4.69) is 43.9 Å². The van der Waals surface area contributed by atoms with Crippen LogP contribution in [-0.2, 0) is 11.3 Å². The summed E-state index contributed by atoms with van der Waals surface area (Å²) in [5, 5.41) is 9.70. The number of aryl methyl sites for hydroxylation is 2. The summed E-state index contributed by atoms with van der Waals surface area (Å²) < 4.78 is 0. The number of carbonyl (C=O) groups is 1. The zero-order chi connectivity index (χ0) is 14.8. The Balaban J connectivity index is 2.22. The lowest BCUT2D eigenvalue weighted by Crippen LogP contribution is -2.49. The lowest BCUT2D eigenvalue weighted by atomic mass is 9.90. The van der Waals surface area contributed by atoms with Gasteiger partial charge in [0, 0.05) is 6.54 Å². The standard InChI is InChI=1S/C17H25NO2/c1-4-8-17(16(19)20)9-5-10-18(17)12-15-7-6-13(2)14(3)11-15/h6-7,11H,4-5,8-10,12H2,1-3H3,(H,19,20). The van der Waals surface area contributed by atoms with Crippen LogP contribution in [0.5, 0.6) is 0 Å². The number of nitrogens with zero attached hydrogens (tertiary/aromatic N) is 1. The highest BCUT2D eigenvalue weighted by molar-refractivity contribution is 5.79. The number of hydrogen-bond acceptors (Lipinski definition) is 2. The van der Waals surface area contributed by atoms with E-state index in [1.54, 1.807) is 0 Å². The molecule has 1 unspecified atom stereocenters. The van der Waals surface area contributed by atoms with E-state index in [1.165, 1.54) is 16.7 Å². The summed E-state index contributed by atoms with van der Waals surface area (Å²) >= 11 is 0. The normalized spacial score (nSPS) is 23.1. The number of carboxylic acids is 1. The first-order valence-electron chi connectivity index (χ1n) is 7.54. The first-order valence-corrected chi connectivity index (χ1v) is 7.54. The van der Waals surface area contributed by atoms with Gasteiger partial charge in [-0.25, -0.2) is 0 Å². The van der Waals surface area contributed by atoms with Gasteiger partial charge in [0.15, 0.2) is 0 Å². The maximum absolute atomic E-state index is 11.8. The predicted molar refractivity (Wildman–Crippen MR) is 80.8 cm³/mol. The quantitative estimate of drug-likeness (QED) is 0.893. The SMILES string of the molecule is CCCC1(C(=O)O)CCCN1Cc1ccc(C)c(C)c1. The molecule has 1 aliphatic heterocycles. The van der Waals surface area contributed by atoms with Gasteiger partial charge in [0.05, 0.1) is 0 Å². The molecule has 1 heterocycles. The molecule has 2 rings (SSSR count). The molecule has 1 aromatic carbocycles. The molecule has 0 bridgehead atoms. The molecule has 1 atom stereocenters. The van der Waals surface area contributed by atoms with Crippen LogP contribution in [0.2, 0.25) is 0 Å². The van der Waals surface area contributed by atoms with Crippen molar-refractivity contribution >= 4 is 5.97 Å². The maximum Gasteiger partial charge on any atom is 0.324 e. The number of aliphatic carboxylic acids is 1. The lowest BCUT2D eigenvalue weighted by Gasteiger charge is -2.34. The molecule has 0 aliphatic carbocycles. The van der Waals surface area contributed by atoms with Gasteiger partial charge in [-0.3, -0.25) is 9.69 Å². The Bertz CT molecular complexity index is 498. The molecule has 0 radical (unpaired) electrons. The number of likely N-dealkylation sites (tertiary alicyclic amines) is 1. The minimum Gasteiger partial charge on any atom is -0.480 e. The Morgan fingerprint density at radius 2 is 2.10 bits per heavy atom. The Labute approximate surface area is 121 Å². The van der Waals surface area contributed by atoms with E-state index in [4.69, 9.17) is 0 Å². The average Bonchev–Trinajstić information content (AvgIpc) is 2.79. The Morgan fingerprint density at radius 3 is 2.70 bits per heavy atom. The average molecular weight is 275 g/mol. The topological polar surface area (TPSA) is 40.5 Å². The fraction of sp³-hybridized carbons (Fsp3) is 0.588. The number of benzene rings is 1. The Kier molecular flexibility index (Phi) is 4.48. The summed E-state index contributed by atoms with van der Waals surface area (Å²) in [6, 6.07) is 6.44. The van der Waals surface area contributed by atoms with Crippen molar-refractivity contribution in [3.05, 3.63) is 34.9 Å². The maximum atomic E-state index is 11.8. The van der Waals surface area contributed by atoms with Crippen LogP contribution in [0.3, 0.4) is 0 Å². The van der Waals surface area contributed by atoms with Gasteiger partial charge in [0.25, 0.3) is 0 Å². The van der Waals surface area contributed by atoms with Crippen molar-refractivity contribution in [3.63, 3.8) is 0 Å². The third-order valence-electron chi connectivity index (χ3n) is 4.63. The van der Waals surface area contributed by atoms with Crippen LogP contribution < -0.4 is 0 Å². The van der Waals surface area contributed by atoms with E-state index in [0.29, 0.717) is 0 Å². The molecule has 0 saturated carbocycles. The second-order valence-corrected chi connectivity index (χ2v) is 6.03. The summed E-state index contributed by atoms with van der Waals surface area (Å²) in [5.74, 6) is -0.652. The van der Waals surface area contributed by atoms with Crippen molar-refractivity contribution in [2.24, 2.45) is 0 Å². The van der Waals surface area contributed by atoms with Gasteiger partial charge in [-0.05, 0) is 56.3 Å². The number of hydrogen-bond donors (Lipinski definition) is 1. The van der Waals surface area contributed by atoms with E-state index in [9.17, 15) is 9.90 Å². The molecule has 1 saturated heterocycles. The van der Waals surface area contributed by atoms with Gasteiger partial charge in [0.1, 0.15) is 5.54 Å². The zero-order valence-electron chi connectivity index (χ0n) is 12.8. The summed E-state index contributed by atoms with van der Waals surface area (Å²) in [6.45, 7) is 7.91. The van der Waals surface area contributed by atoms with Crippen LogP contribution in [0, 0.1) is 13.8 Å². The molecule has 0 spiro atoms. The highest BCUT2D eigenvalue weighted by atomic mass is 16.4. The largest absolute Gasteiger partial charge is 0.480 e. The van der Waals surface area contributed by atoms with Gasteiger partial charge in [-0.1, -0.05) is 31.5 Å². The van der Waals surface area contributed by atoms with E-state index in [0.717, 1.165) is 38.8 Å². The van der Waals surface area contributed by atoms with Crippen molar-refractivity contribution in [2.45, 2.75) is 58.5 Å². The van der Waals surface area contributed by atoms with Gasteiger partial charge in [0.2, 0.25) is 0 Å². The monoisotopic (exact) mass is 275 g/mol. The third-order valence-corrected chi connectivity index (χ3v) is 4.63. The molecule has 1 fully saturated rings. The summed E-state index contributed by atoms with van der Waals surface area (Å²) in [4.78, 5) is 14.0. The second kappa shape index (κ2) is 5.96. The molecular formula is C17H25NO2. The fourth-order valence-corrected chi connectivity index (χ4v) is 3.33. The molecule has 3 nitrogen and oxygen atoms in total. The minimum atomic E-state index is -0.652. The van der Waals surface area contributed by atoms with Crippen LogP contribution >= 0.6 is 0 Å². The molecule has 0 aromatic heterocycles. The highest BCUT2D eigenvalue weighted by Gasteiger charge is 2.46. The molecule has 110 valence electrons. The second-order valence-electron chi connectivity index (χ2n) is 6.03. The number of rotatable bonds is 5. The first-order chi connectivity index (χ1) is 9.49. The molecule has 1 aromatic rings. The van der Waals surface area contributed by atoms with Crippen LogP contribution in [0.1, 0.15) is 49.3 Å². The molecule has 1 aliphatic rings. The first kappa shape index (κ1) is 15.0. The molecule has 0 amide bonds. The Morgan fingerprint density at radius 1 is 1.35 bits per heavy atom. The highest BCUT2D eigenvalue weighted by Crippen LogP contribution is 2.35. The van der Waals surface area contributed by atoms with Gasteiger partial charge >= 0.3 is 5.97 Å². The van der Waals surface area contributed by atoms with Crippen LogP contribution in [-0.4, -0.2) is 28.1 Å². The van der Waals surface area contributed by atoms with Crippen molar-refractivity contribution < 1.29 is 9.90 Å². The smallest absolute Gasteiger partial charge is 0.324 e. The zero-order valence-corrected chi connectivity index (χ0v) is 12.8. The number of carboxylic acid groups (broad SMARTS) is 1. The van der Waals surface area contributed by atoms with E-state index in [-0.39, 0.29) is 0 Å². The predicted octanol–water partition coefficient (Wildman–Crippen LogP) is 3.52. The van der Waals surface area contributed by atoms with Crippen molar-refractivity contribution in [1.82, 2.24) is 4.90 Å². The minimum absolute atomic E-state index is 0.645. The third kappa shape index (κ3) is 2.73. The Hall–Kier alpha value is -1.35.